The number of anilines is 1. The molecule has 96 valence electrons. The number of carbonyl (C=O) groups excluding carboxylic acids is 2. The molecule has 1 aliphatic heterocycles. The van der Waals surface area contributed by atoms with Crippen molar-refractivity contribution in [1.82, 2.24) is 4.98 Å². The zero-order valence-corrected chi connectivity index (χ0v) is 11.0. The number of hydrogen-bond acceptors (Lipinski definition) is 4. The van der Waals surface area contributed by atoms with Gasteiger partial charge in [-0.15, -0.1) is 0 Å². The van der Waals surface area contributed by atoms with Gasteiger partial charge in [0.05, 0.1) is 11.9 Å². The summed E-state index contributed by atoms with van der Waals surface area (Å²) < 4.78 is 12.9. The van der Waals surface area contributed by atoms with Crippen molar-refractivity contribution in [2.24, 2.45) is 0 Å². The first-order valence-electron chi connectivity index (χ1n) is 5.57. The Morgan fingerprint density at radius 3 is 2.94 bits per heavy atom. The Hall–Kier alpha value is -1.43. The first kappa shape index (κ1) is 13.0. The molecule has 0 bridgehead atoms. The maximum Gasteiger partial charge on any atom is 0.228 e. The van der Waals surface area contributed by atoms with E-state index < -0.39 is 5.95 Å². The second-order valence-electron chi connectivity index (χ2n) is 4.23. The SMILES string of the molecule is CC(=O)SC1CC(=O)N(c2cnc(F)cc2C)C1. The summed E-state index contributed by atoms with van der Waals surface area (Å²) >= 11 is 1.18. The molecular weight excluding hydrogens is 255 g/mol. The van der Waals surface area contributed by atoms with Crippen molar-refractivity contribution < 1.29 is 14.0 Å². The van der Waals surface area contributed by atoms with Crippen LogP contribution in [0.15, 0.2) is 12.3 Å². The summed E-state index contributed by atoms with van der Waals surface area (Å²) in [7, 11) is 0. The first-order chi connectivity index (χ1) is 8.47. The van der Waals surface area contributed by atoms with Gasteiger partial charge in [0.1, 0.15) is 0 Å². The van der Waals surface area contributed by atoms with Gasteiger partial charge in [0.25, 0.3) is 0 Å². The Morgan fingerprint density at radius 2 is 2.33 bits per heavy atom. The van der Waals surface area contributed by atoms with E-state index in [1.54, 1.807) is 11.8 Å². The van der Waals surface area contributed by atoms with Crippen molar-refractivity contribution >= 4 is 28.5 Å². The van der Waals surface area contributed by atoms with Gasteiger partial charge >= 0.3 is 0 Å². The molecule has 0 radical (unpaired) electrons. The number of rotatable bonds is 2. The maximum atomic E-state index is 12.9. The second kappa shape index (κ2) is 5.06. The van der Waals surface area contributed by atoms with Gasteiger partial charge in [-0.2, -0.15) is 4.39 Å². The predicted octanol–water partition coefficient (Wildman–Crippen LogP) is 1.91. The van der Waals surface area contributed by atoms with Crippen LogP contribution in [0.25, 0.3) is 0 Å². The summed E-state index contributed by atoms with van der Waals surface area (Å²) in [5.74, 6) is -0.609. The minimum absolute atomic E-state index is 0.00334. The number of aryl methyl sites for hydroxylation is 1. The predicted molar refractivity (Wildman–Crippen MR) is 68.0 cm³/mol. The highest BCUT2D eigenvalue weighted by molar-refractivity contribution is 8.14. The van der Waals surface area contributed by atoms with Gasteiger partial charge in [-0.3, -0.25) is 9.59 Å². The van der Waals surface area contributed by atoms with E-state index in [0.717, 1.165) is 0 Å². The molecule has 0 aliphatic carbocycles. The summed E-state index contributed by atoms with van der Waals surface area (Å²) in [6.45, 7) is 3.69. The summed E-state index contributed by atoms with van der Waals surface area (Å²) in [5.41, 5.74) is 1.29. The summed E-state index contributed by atoms with van der Waals surface area (Å²) in [6.07, 6.45) is 1.70. The van der Waals surface area contributed by atoms with Crippen LogP contribution in [-0.4, -0.2) is 27.8 Å². The fourth-order valence-electron chi connectivity index (χ4n) is 2.02. The Balaban J connectivity index is 2.19. The molecule has 1 aromatic heterocycles. The highest BCUT2D eigenvalue weighted by Crippen LogP contribution is 2.30. The zero-order valence-electron chi connectivity index (χ0n) is 10.1. The third-order valence-corrected chi connectivity index (χ3v) is 3.74. The van der Waals surface area contributed by atoms with Crippen LogP contribution >= 0.6 is 11.8 Å². The van der Waals surface area contributed by atoms with E-state index >= 15 is 0 Å². The Bertz CT molecular complexity index is 507. The molecule has 0 N–H and O–H groups in total. The number of amides is 1. The zero-order chi connectivity index (χ0) is 13.3. The number of hydrogen-bond donors (Lipinski definition) is 0. The van der Waals surface area contributed by atoms with Crippen molar-refractivity contribution in [3.63, 3.8) is 0 Å². The lowest BCUT2D eigenvalue weighted by molar-refractivity contribution is -0.117. The van der Waals surface area contributed by atoms with E-state index in [2.05, 4.69) is 4.98 Å². The third kappa shape index (κ3) is 2.69. The molecule has 2 heterocycles. The molecule has 1 fully saturated rings. The summed E-state index contributed by atoms with van der Waals surface area (Å²) in [4.78, 5) is 28.1. The van der Waals surface area contributed by atoms with Crippen LogP contribution in [0.4, 0.5) is 10.1 Å². The summed E-state index contributed by atoms with van der Waals surface area (Å²) in [6, 6.07) is 1.30. The van der Waals surface area contributed by atoms with Crippen LogP contribution in [0.1, 0.15) is 18.9 Å². The molecule has 0 saturated carbocycles. The van der Waals surface area contributed by atoms with E-state index in [4.69, 9.17) is 0 Å². The van der Waals surface area contributed by atoms with Gasteiger partial charge in [0.15, 0.2) is 5.12 Å². The van der Waals surface area contributed by atoms with Crippen LogP contribution in [0.5, 0.6) is 0 Å². The Kier molecular flexibility index (Phi) is 3.65. The van der Waals surface area contributed by atoms with Crippen LogP contribution in [0.2, 0.25) is 0 Å². The minimum Gasteiger partial charge on any atom is -0.309 e. The topological polar surface area (TPSA) is 50.3 Å². The average Bonchev–Trinajstić information content (AvgIpc) is 2.58. The Morgan fingerprint density at radius 1 is 1.61 bits per heavy atom. The van der Waals surface area contributed by atoms with Gasteiger partial charge in [-0.05, 0) is 18.6 Å². The van der Waals surface area contributed by atoms with Crippen molar-refractivity contribution in [3.05, 3.63) is 23.8 Å². The number of carbonyl (C=O) groups is 2. The van der Waals surface area contributed by atoms with Gasteiger partial charge < -0.3 is 4.90 Å². The van der Waals surface area contributed by atoms with Crippen LogP contribution in [0.3, 0.4) is 0 Å². The molecule has 1 amide bonds. The average molecular weight is 268 g/mol. The fraction of sp³-hybridized carbons (Fsp3) is 0.417. The Labute approximate surface area is 109 Å². The molecule has 1 aliphatic rings. The van der Waals surface area contributed by atoms with Gasteiger partial charge in [-0.1, -0.05) is 11.8 Å². The lowest BCUT2D eigenvalue weighted by Crippen LogP contribution is -2.26. The molecule has 1 saturated heterocycles. The maximum absolute atomic E-state index is 12.9. The fourth-order valence-corrected chi connectivity index (χ4v) is 2.94. The summed E-state index contributed by atoms with van der Waals surface area (Å²) in [5, 5.41) is -0.0249. The third-order valence-electron chi connectivity index (χ3n) is 2.76. The highest BCUT2D eigenvalue weighted by Gasteiger charge is 2.32. The molecule has 1 unspecified atom stereocenters. The van der Waals surface area contributed by atoms with Crippen LogP contribution < -0.4 is 4.90 Å². The van der Waals surface area contributed by atoms with Crippen LogP contribution in [-0.2, 0) is 9.59 Å². The van der Waals surface area contributed by atoms with E-state index in [9.17, 15) is 14.0 Å². The van der Waals surface area contributed by atoms with E-state index in [1.807, 2.05) is 0 Å². The lowest BCUT2D eigenvalue weighted by atomic mass is 10.2. The number of pyridine rings is 1. The quantitative estimate of drug-likeness (QED) is 0.769. The van der Waals surface area contributed by atoms with Gasteiger partial charge in [-0.25, -0.2) is 4.98 Å². The van der Waals surface area contributed by atoms with Crippen LogP contribution in [0, 0.1) is 12.9 Å². The first-order valence-corrected chi connectivity index (χ1v) is 6.45. The number of nitrogens with zero attached hydrogens (tertiary/aromatic N) is 2. The molecule has 4 nitrogen and oxygen atoms in total. The standard InChI is InChI=1S/C12H13FN2O2S/c1-7-3-11(13)14-5-10(7)15-6-9(4-12(15)17)18-8(2)16/h3,5,9H,4,6H2,1-2H3. The lowest BCUT2D eigenvalue weighted by Gasteiger charge is -2.18. The molecule has 18 heavy (non-hydrogen) atoms. The molecule has 6 heteroatoms. The van der Waals surface area contributed by atoms with Crippen molar-refractivity contribution in [1.29, 1.82) is 0 Å². The second-order valence-corrected chi connectivity index (χ2v) is 5.71. The molecule has 0 aromatic carbocycles. The number of halogens is 1. The van der Waals surface area contributed by atoms with Crippen molar-refractivity contribution in [2.75, 3.05) is 11.4 Å². The van der Waals surface area contributed by atoms with Crippen molar-refractivity contribution in [3.8, 4) is 0 Å². The van der Waals surface area contributed by atoms with Gasteiger partial charge in [0.2, 0.25) is 11.9 Å². The smallest absolute Gasteiger partial charge is 0.228 e. The van der Waals surface area contributed by atoms with E-state index in [-0.39, 0.29) is 16.3 Å². The normalized spacial score (nSPS) is 19.4. The van der Waals surface area contributed by atoms with E-state index in [1.165, 1.54) is 30.9 Å². The monoisotopic (exact) mass is 268 g/mol. The number of aromatic nitrogens is 1. The molecule has 1 aromatic rings. The number of thioether (sulfide) groups is 1. The molecule has 0 spiro atoms. The minimum atomic E-state index is -0.558. The largest absolute Gasteiger partial charge is 0.309 e. The molecular formula is C12H13FN2O2S. The van der Waals surface area contributed by atoms with E-state index in [0.29, 0.717) is 24.2 Å². The van der Waals surface area contributed by atoms with Crippen molar-refractivity contribution in [2.45, 2.75) is 25.5 Å². The molecule has 1 atom stereocenters. The highest BCUT2D eigenvalue weighted by atomic mass is 32.2. The van der Waals surface area contributed by atoms with Gasteiger partial charge in [0, 0.05) is 25.1 Å². The molecule has 2 rings (SSSR count).